The molecule has 1 fully saturated rings. The Morgan fingerprint density at radius 3 is 2.88 bits per heavy atom. The highest BCUT2D eigenvalue weighted by Gasteiger charge is 2.23. The second-order valence-electron chi connectivity index (χ2n) is 7.26. The number of fused-ring (bicyclic) bond motifs is 2. The quantitative estimate of drug-likeness (QED) is 0.717. The zero-order valence-corrected chi connectivity index (χ0v) is 14.7. The van der Waals surface area contributed by atoms with Crippen molar-refractivity contribution >= 4 is 11.2 Å². The van der Waals surface area contributed by atoms with Gasteiger partial charge in [-0.15, -0.1) is 0 Å². The fourth-order valence-corrected chi connectivity index (χ4v) is 3.75. The number of aromatic nitrogens is 5. The molecule has 1 unspecified atom stereocenters. The van der Waals surface area contributed by atoms with Crippen LogP contribution in [0.3, 0.4) is 0 Å². The van der Waals surface area contributed by atoms with Crippen molar-refractivity contribution in [3.8, 4) is 0 Å². The molecule has 0 saturated heterocycles. The van der Waals surface area contributed by atoms with Gasteiger partial charge in [0.25, 0.3) is 0 Å². The van der Waals surface area contributed by atoms with E-state index in [0.29, 0.717) is 11.3 Å². The van der Waals surface area contributed by atoms with Gasteiger partial charge in [0.05, 0.1) is 23.3 Å². The van der Waals surface area contributed by atoms with E-state index in [1.807, 2.05) is 18.3 Å². The van der Waals surface area contributed by atoms with Crippen LogP contribution >= 0.6 is 0 Å². The summed E-state index contributed by atoms with van der Waals surface area (Å²) in [6.45, 7) is 1.50. The van der Waals surface area contributed by atoms with Gasteiger partial charge in [-0.05, 0) is 25.0 Å². The van der Waals surface area contributed by atoms with E-state index < -0.39 is 6.17 Å². The van der Waals surface area contributed by atoms with Crippen molar-refractivity contribution in [3.63, 3.8) is 0 Å². The fraction of sp³-hybridized carbons (Fsp3) is 0.400. The van der Waals surface area contributed by atoms with Crippen molar-refractivity contribution in [2.24, 2.45) is 5.92 Å². The van der Waals surface area contributed by atoms with Gasteiger partial charge in [-0.3, -0.25) is 0 Å². The highest BCUT2D eigenvalue weighted by Crippen LogP contribution is 2.32. The predicted octanol–water partition coefficient (Wildman–Crippen LogP) is 3.88. The maximum absolute atomic E-state index is 13.8. The molecule has 2 aliphatic carbocycles. The number of imidazole rings is 1. The van der Waals surface area contributed by atoms with E-state index in [0.717, 1.165) is 47.1 Å². The predicted molar refractivity (Wildman–Crippen MR) is 96.4 cm³/mol. The Hall–Kier alpha value is -2.63. The Labute approximate surface area is 151 Å². The summed E-state index contributed by atoms with van der Waals surface area (Å²) in [7, 11) is 0. The van der Waals surface area contributed by atoms with Crippen LogP contribution in [0.5, 0.6) is 0 Å². The smallest absolute Gasteiger partial charge is 0.153 e. The molecule has 0 bridgehead atoms. The van der Waals surface area contributed by atoms with E-state index in [9.17, 15) is 4.39 Å². The molecule has 3 aromatic rings. The van der Waals surface area contributed by atoms with Crippen molar-refractivity contribution in [1.82, 2.24) is 24.6 Å². The van der Waals surface area contributed by atoms with Crippen molar-refractivity contribution in [3.05, 3.63) is 59.1 Å². The highest BCUT2D eigenvalue weighted by molar-refractivity contribution is 5.82. The molecule has 1 saturated carbocycles. The van der Waals surface area contributed by atoms with Gasteiger partial charge in [0, 0.05) is 30.2 Å². The molecule has 0 radical (unpaired) electrons. The van der Waals surface area contributed by atoms with Crippen LogP contribution in [0.4, 0.5) is 4.39 Å². The zero-order chi connectivity index (χ0) is 17.7. The van der Waals surface area contributed by atoms with Gasteiger partial charge in [-0.2, -0.15) is 5.10 Å². The Morgan fingerprint density at radius 2 is 2.12 bits per heavy atom. The monoisotopic (exact) mass is 349 g/mol. The molecule has 2 aliphatic rings. The summed E-state index contributed by atoms with van der Waals surface area (Å²) in [6, 6.07) is 3.80. The number of rotatable bonds is 4. The van der Waals surface area contributed by atoms with Crippen molar-refractivity contribution in [2.45, 2.75) is 45.2 Å². The summed E-state index contributed by atoms with van der Waals surface area (Å²) in [4.78, 5) is 13.6. The maximum Gasteiger partial charge on any atom is 0.153 e. The SMILES string of the molecule is CC(F)c1cnc2ccc(C3=CCc4nc(CC5CCC5)ncc43)nn12. The van der Waals surface area contributed by atoms with Crippen molar-refractivity contribution in [1.29, 1.82) is 0 Å². The zero-order valence-electron chi connectivity index (χ0n) is 14.7. The number of hydrogen-bond donors (Lipinski definition) is 0. The summed E-state index contributed by atoms with van der Waals surface area (Å²) >= 11 is 0. The molecule has 0 aliphatic heterocycles. The van der Waals surface area contributed by atoms with Gasteiger partial charge in [-0.25, -0.2) is 23.9 Å². The van der Waals surface area contributed by atoms with Crippen molar-refractivity contribution < 1.29 is 4.39 Å². The first kappa shape index (κ1) is 15.6. The normalized spacial score (nSPS) is 17.8. The third kappa shape index (κ3) is 2.52. The Kier molecular flexibility index (Phi) is 3.58. The van der Waals surface area contributed by atoms with Gasteiger partial charge in [-0.1, -0.05) is 25.3 Å². The number of nitrogens with zero attached hydrogens (tertiary/aromatic N) is 5. The van der Waals surface area contributed by atoms with E-state index in [-0.39, 0.29) is 0 Å². The van der Waals surface area contributed by atoms with E-state index in [1.165, 1.54) is 26.2 Å². The summed E-state index contributed by atoms with van der Waals surface area (Å²) in [6.07, 6.45) is 10.2. The summed E-state index contributed by atoms with van der Waals surface area (Å²) in [5, 5.41) is 4.62. The average molecular weight is 349 g/mol. The minimum absolute atomic E-state index is 0.466. The first-order valence-electron chi connectivity index (χ1n) is 9.23. The standard InChI is InChI=1S/C20H20FN5/c1-12(21)18-11-23-20-8-7-17(25-26(18)20)14-5-6-16-15(14)10-22-19(24-16)9-13-3-2-4-13/h5,7-8,10-13H,2-4,6,9H2,1H3. The average Bonchev–Trinajstić information content (AvgIpc) is 3.21. The van der Waals surface area contributed by atoms with Crippen LogP contribution in [-0.4, -0.2) is 24.6 Å². The van der Waals surface area contributed by atoms with Gasteiger partial charge >= 0.3 is 0 Å². The Bertz CT molecular complexity index is 1020. The number of allylic oxidation sites excluding steroid dienone is 1. The third-order valence-corrected chi connectivity index (χ3v) is 5.48. The second kappa shape index (κ2) is 5.97. The lowest BCUT2D eigenvalue weighted by atomic mass is 9.83. The molecule has 132 valence electrons. The molecule has 3 aromatic heterocycles. The first-order valence-corrected chi connectivity index (χ1v) is 9.23. The van der Waals surface area contributed by atoms with E-state index in [1.54, 1.807) is 10.7 Å². The third-order valence-electron chi connectivity index (χ3n) is 5.48. The van der Waals surface area contributed by atoms with Crippen LogP contribution < -0.4 is 0 Å². The molecule has 0 aromatic carbocycles. The highest BCUT2D eigenvalue weighted by atomic mass is 19.1. The van der Waals surface area contributed by atoms with Gasteiger partial charge in [0.1, 0.15) is 12.0 Å². The molecule has 1 atom stereocenters. The van der Waals surface area contributed by atoms with Gasteiger partial charge in [0.2, 0.25) is 0 Å². The molecule has 5 rings (SSSR count). The van der Waals surface area contributed by atoms with Crippen LogP contribution in [0.2, 0.25) is 0 Å². The van der Waals surface area contributed by atoms with E-state index in [4.69, 9.17) is 4.98 Å². The molecule has 5 nitrogen and oxygen atoms in total. The molecule has 0 spiro atoms. The number of halogens is 1. The fourth-order valence-electron chi connectivity index (χ4n) is 3.75. The van der Waals surface area contributed by atoms with Crippen LogP contribution in [0, 0.1) is 5.92 Å². The number of alkyl halides is 1. The summed E-state index contributed by atoms with van der Waals surface area (Å²) in [5.41, 5.74) is 5.03. The van der Waals surface area contributed by atoms with E-state index in [2.05, 4.69) is 21.1 Å². The lowest BCUT2D eigenvalue weighted by molar-refractivity contribution is 0.309. The van der Waals surface area contributed by atoms with E-state index >= 15 is 0 Å². The minimum Gasteiger partial charge on any atom is -0.241 e. The van der Waals surface area contributed by atoms with Crippen LogP contribution in [0.1, 0.15) is 60.8 Å². The van der Waals surface area contributed by atoms with Crippen LogP contribution in [0.25, 0.3) is 11.2 Å². The van der Waals surface area contributed by atoms with Crippen LogP contribution in [-0.2, 0) is 12.8 Å². The lowest BCUT2D eigenvalue weighted by Gasteiger charge is -2.24. The first-order chi connectivity index (χ1) is 12.7. The topological polar surface area (TPSA) is 56.0 Å². The lowest BCUT2D eigenvalue weighted by Crippen LogP contribution is -2.16. The Balaban J connectivity index is 1.48. The molecule has 0 N–H and O–H groups in total. The second-order valence-corrected chi connectivity index (χ2v) is 7.26. The largest absolute Gasteiger partial charge is 0.241 e. The molecular formula is C20H20FN5. The van der Waals surface area contributed by atoms with Gasteiger partial charge < -0.3 is 0 Å². The number of hydrogen-bond acceptors (Lipinski definition) is 4. The Morgan fingerprint density at radius 1 is 1.23 bits per heavy atom. The summed E-state index contributed by atoms with van der Waals surface area (Å²) < 4.78 is 15.4. The van der Waals surface area contributed by atoms with Gasteiger partial charge in [0.15, 0.2) is 5.65 Å². The molecule has 3 heterocycles. The van der Waals surface area contributed by atoms with Crippen molar-refractivity contribution in [2.75, 3.05) is 0 Å². The maximum atomic E-state index is 13.8. The molecule has 6 heteroatoms. The minimum atomic E-state index is -1.12. The molecular weight excluding hydrogens is 329 g/mol. The van der Waals surface area contributed by atoms with Crippen LogP contribution in [0.15, 0.2) is 30.6 Å². The summed E-state index contributed by atoms with van der Waals surface area (Å²) in [5.74, 6) is 1.71. The molecule has 0 amide bonds. The molecule has 26 heavy (non-hydrogen) atoms.